The van der Waals surface area contributed by atoms with E-state index in [0.29, 0.717) is 23.2 Å². The zero-order valence-electron chi connectivity index (χ0n) is 9.47. The predicted octanol–water partition coefficient (Wildman–Crippen LogP) is 3.76. The van der Waals surface area contributed by atoms with E-state index in [2.05, 4.69) is 12.2 Å². The second kappa shape index (κ2) is 5.15. The largest absolute Gasteiger partial charge is 0.309 e. The molecule has 1 fully saturated rings. The summed E-state index contributed by atoms with van der Waals surface area (Å²) in [4.78, 5) is 0. The van der Waals surface area contributed by atoms with Crippen LogP contribution < -0.4 is 5.32 Å². The van der Waals surface area contributed by atoms with Gasteiger partial charge in [-0.05, 0) is 30.9 Å². The van der Waals surface area contributed by atoms with Crippen molar-refractivity contribution in [3.63, 3.8) is 0 Å². The molecule has 0 aliphatic heterocycles. The summed E-state index contributed by atoms with van der Waals surface area (Å²) in [7, 11) is 0. The van der Waals surface area contributed by atoms with Crippen molar-refractivity contribution in [1.82, 2.24) is 5.32 Å². The quantitative estimate of drug-likeness (QED) is 0.828. The van der Waals surface area contributed by atoms with Crippen LogP contribution >= 0.6 is 11.6 Å². The molecule has 0 aromatic heterocycles. The average molecular weight is 242 g/mol. The third-order valence-electron chi connectivity index (χ3n) is 3.18. The lowest BCUT2D eigenvalue weighted by Gasteiger charge is -2.07. The maximum atomic E-state index is 13.4. The fourth-order valence-corrected chi connectivity index (χ4v) is 2.35. The Kier molecular flexibility index (Phi) is 3.82. The summed E-state index contributed by atoms with van der Waals surface area (Å²) < 4.78 is 13.4. The summed E-state index contributed by atoms with van der Waals surface area (Å²) in [6, 6.07) is 5.39. The summed E-state index contributed by atoms with van der Waals surface area (Å²) >= 11 is 5.95. The normalized spacial score (nSPS) is 23.4. The predicted molar refractivity (Wildman–Crippen MR) is 65.1 cm³/mol. The molecular formula is C13H17ClFN. The van der Waals surface area contributed by atoms with Gasteiger partial charge in [-0.25, -0.2) is 4.39 Å². The van der Waals surface area contributed by atoms with Crippen molar-refractivity contribution in [2.75, 3.05) is 0 Å². The lowest BCUT2D eigenvalue weighted by Crippen LogP contribution is -2.18. The molecule has 1 saturated carbocycles. The monoisotopic (exact) mass is 241 g/mol. The molecule has 3 heteroatoms. The van der Waals surface area contributed by atoms with Crippen LogP contribution in [0.1, 0.15) is 31.7 Å². The average Bonchev–Trinajstić information content (AvgIpc) is 2.97. The van der Waals surface area contributed by atoms with E-state index in [1.807, 2.05) is 0 Å². The van der Waals surface area contributed by atoms with Gasteiger partial charge in [0.2, 0.25) is 0 Å². The van der Waals surface area contributed by atoms with Crippen molar-refractivity contribution in [2.45, 2.75) is 38.8 Å². The van der Waals surface area contributed by atoms with Gasteiger partial charge in [0.15, 0.2) is 0 Å². The number of nitrogens with one attached hydrogen (secondary N) is 1. The molecule has 1 nitrogen and oxygen atoms in total. The van der Waals surface area contributed by atoms with Crippen LogP contribution in [-0.4, -0.2) is 6.04 Å². The smallest absolute Gasteiger partial charge is 0.129 e. The first-order valence-corrected chi connectivity index (χ1v) is 6.26. The molecule has 2 unspecified atom stereocenters. The molecule has 1 N–H and O–H groups in total. The van der Waals surface area contributed by atoms with Crippen molar-refractivity contribution in [2.24, 2.45) is 5.92 Å². The van der Waals surface area contributed by atoms with Gasteiger partial charge in [0.05, 0.1) is 0 Å². The van der Waals surface area contributed by atoms with E-state index in [4.69, 9.17) is 11.6 Å². The van der Waals surface area contributed by atoms with Crippen LogP contribution in [0.5, 0.6) is 0 Å². The highest BCUT2D eigenvalue weighted by Gasteiger charge is 2.35. The molecule has 0 heterocycles. The summed E-state index contributed by atoms with van der Waals surface area (Å²) in [6.45, 7) is 2.74. The number of benzene rings is 1. The molecule has 0 bridgehead atoms. The van der Waals surface area contributed by atoms with Crippen LogP contribution in [-0.2, 0) is 6.54 Å². The van der Waals surface area contributed by atoms with Gasteiger partial charge in [0.25, 0.3) is 0 Å². The van der Waals surface area contributed by atoms with Crippen LogP contribution in [0.15, 0.2) is 18.2 Å². The number of hydrogen-bond donors (Lipinski definition) is 1. The maximum absolute atomic E-state index is 13.4. The third kappa shape index (κ3) is 2.74. The van der Waals surface area contributed by atoms with E-state index in [-0.39, 0.29) is 5.82 Å². The molecule has 88 valence electrons. The molecule has 1 aromatic carbocycles. The molecule has 1 aliphatic carbocycles. The highest BCUT2D eigenvalue weighted by atomic mass is 35.5. The minimum Gasteiger partial charge on any atom is -0.309 e. The fraction of sp³-hybridized carbons (Fsp3) is 0.538. The summed E-state index contributed by atoms with van der Waals surface area (Å²) in [6.07, 6.45) is 3.71. The number of halogens is 2. The molecule has 16 heavy (non-hydrogen) atoms. The van der Waals surface area contributed by atoms with E-state index in [0.717, 1.165) is 5.92 Å². The lowest BCUT2D eigenvalue weighted by atomic mass is 10.2. The van der Waals surface area contributed by atoms with E-state index >= 15 is 0 Å². The number of rotatable bonds is 5. The SMILES string of the molecule is CCCC1CC1NCc1c(F)cccc1Cl. The zero-order chi connectivity index (χ0) is 11.5. The van der Waals surface area contributed by atoms with Crippen LogP contribution in [0, 0.1) is 11.7 Å². The molecule has 0 saturated heterocycles. The summed E-state index contributed by atoms with van der Waals surface area (Å²) in [5.74, 6) is 0.572. The summed E-state index contributed by atoms with van der Waals surface area (Å²) in [5.41, 5.74) is 0.589. The van der Waals surface area contributed by atoms with Gasteiger partial charge in [-0.15, -0.1) is 0 Å². The first-order valence-electron chi connectivity index (χ1n) is 5.88. The van der Waals surface area contributed by atoms with Gasteiger partial charge >= 0.3 is 0 Å². The van der Waals surface area contributed by atoms with E-state index in [9.17, 15) is 4.39 Å². The minimum atomic E-state index is -0.215. The van der Waals surface area contributed by atoms with Crippen molar-refractivity contribution < 1.29 is 4.39 Å². The Bertz CT molecular complexity index is 347. The minimum absolute atomic E-state index is 0.215. The first kappa shape index (κ1) is 11.9. The second-order valence-electron chi connectivity index (χ2n) is 4.47. The Balaban J connectivity index is 1.86. The van der Waals surface area contributed by atoms with E-state index < -0.39 is 0 Å². The third-order valence-corrected chi connectivity index (χ3v) is 3.54. The molecular weight excluding hydrogens is 225 g/mol. The van der Waals surface area contributed by atoms with Gasteiger partial charge in [-0.2, -0.15) is 0 Å². The Morgan fingerprint density at radius 3 is 3.00 bits per heavy atom. The van der Waals surface area contributed by atoms with Gasteiger partial charge in [-0.3, -0.25) is 0 Å². The molecule has 2 atom stereocenters. The molecule has 1 aromatic rings. The molecule has 0 amide bonds. The van der Waals surface area contributed by atoms with Gasteiger partial charge in [0.1, 0.15) is 5.82 Å². The molecule has 0 radical (unpaired) electrons. The van der Waals surface area contributed by atoms with Crippen molar-refractivity contribution in [3.05, 3.63) is 34.6 Å². The van der Waals surface area contributed by atoms with Crippen LogP contribution in [0.3, 0.4) is 0 Å². The van der Waals surface area contributed by atoms with Crippen LogP contribution in [0.2, 0.25) is 5.02 Å². The van der Waals surface area contributed by atoms with Crippen molar-refractivity contribution >= 4 is 11.6 Å². The topological polar surface area (TPSA) is 12.0 Å². The molecule has 2 rings (SSSR count). The highest BCUT2D eigenvalue weighted by molar-refractivity contribution is 6.31. The lowest BCUT2D eigenvalue weighted by molar-refractivity contribution is 0.565. The van der Waals surface area contributed by atoms with E-state index in [1.165, 1.54) is 25.3 Å². The standard InChI is InChI=1S/C13H17ClFN/c1-2-4-9-7-13(9)16-8-10-11(14)5-3-6-12(10)15/h3,5-6,9,13,16H,2,4,7-8H2,1H3. The zero-order valence-corrected chi connectivity index (χ0v) is 10.2. The first-order chi connectivity index (χ1) is 7.72. The summed E-state index contributed by atoms with van der Waals surface area (Å²) in [5, 5.41) is 3.88. The van der Waals surface area contributed by atoms with Crippen molar-refractivity contribution in [3.8, 4) is 0 Å². The second-order valence-corrected chi connectivity index (χ2v) is 4.88. The number of hydrogen-bond acceptors (Lipinski definition) is 1. The Morgan fingerprint density at radius 2 is 2.31 bits per heavy atom. The van der Waals surface area contributed by atoms with Gasteiger partial charge in [0, 0.05) is 23.2 Å². The Morgan fingerprint density at radius 1 is 1.50 bits per heavy atom. The maximum Gasteiger partial charge on any atom is 0.129 e. The molecule has 0 spiro atoms. The van der Waals surface area contributed by atoms with Crippen LogP contribution in [0.4, 0.5) is 4.39 Å². The van der Waals surface area contributed by atoms with E-state index in [1.54, 1.807) is 12.1 Å². The van der Waals surface area contributed by atoms with Gasteiger partial charge < -0.3 is 5.32 Å². The Hall–Kier alpha value is -0.600. The highest BCUT2D eigenvalue weighted by Crippen LogP contribution is 2.35. The van der Waals surface area contributed by atoms with Gasteiger partial charge in [-0.1, -0.05) is 31.0 Å². The molecule has 1 aliphatic rings. The van der Waals surface area contributed by atoms with Crippen LogP contribution in [0.25, 0.3) is 0 Å². The fourth-order valence-electron chi connectivity index (χ4n) is 2.12. The van der Waals surface area contributed by atoms with Crippen molar-refractivity contribution in [1.29, 1.82) is 0 Å². The Labute approximate surface area is 101 Å².